The van der Waals surface area contributed by atoms with E-state index in [1.165, 1.54) is 12.1 Å². The Hall–Kier alpha value is -6.10. The summed E-state index contributed by atoms with van der Waals surface area (Å²) in [6, 6.07) is 36.3. The summed E-state index contributed by atoms with van der Waals surface area (Å²) in [7, 11) is 1.63. The monoisotopic (exact) mass is 671 g/mol. The Morgan fingerprint density at radius 3 is 2.36 bits per heavy atom. The number of aliphatic hydroxyl groups excluding tert-OH is 1. The van der Waals surface area contributed by atoms with Crippen molar-refractivity contribution in [2.75, 3.05) is 13.7 Å². The average molecular weight is 672 g/mol. The topological polar surface area (TPSA) is 153 Å². The Bertz CT molecular complexity index is 2150. The molecule has 0 bridgehead atoms. The van der Waals surface area contributed by atoms with Crippen LogP contribution in [0.25, 0.3) is 22.0 Å². The van der Waals surface area contributed by atoms with Crippen LogP contribution in [0.4, 0.5) is 4.79 Å². The Morgan fingerprint density at radius 2 is 1.60 bits per heavy atom. The van der Waals surface area contributed by atoms with E-state index in [0.29, 0.717) is 35.4 Å². The molecule has 254 valence electrons. The molecule has 1 aromatic heterocycles. The zero-order valence-corrected chi connectivity index (χ0v) is 27.3. The molecule has 10 nitrogen and oxygen atoms in total. The molecule has 0 unspecified atom stereocenters. The number of benzene rings is 5. The van der Waals surface area contributed by atoms with Crippen molar-refractivity contribution in [1.82, 2.24) is 15.6 Å². The number of aliphatic hydroxyl groups is 1. The van der Waals surface area contributed by atoms with Gasteiger partial charge in [0.1, 0.15) is 23.9 Å². The summed E-state index contributed by atoms with van der Waals surface area (Å²) in [6.07, 6.45) is -1.98. The van der Waals surface area contributed by atoms with E-state index in [0.717, 1.165) is 39.1 Å². The van der Waals surface area contributed by atoms with Gasteiger partial charge in [-0.15, -0.1) is 0 Å². The SMILES string of the molecule is COc1ccc(CNC[C@H](O)c2ccc(O)c3[nH]c(=O)ccc23)cc1-c1ccc(COc2cccc([C@@H](NC(=O)O)c3ccccc3)c2)cc1. The molecule has 0 radical (unpaired) electrons. The van der Waals surface area contributed by atoms with Crippen molar-refractivity contribution in [3.8, 4) is 28.4 Å². The lowest BCUT2D eigenvalue weighted by Gasteiger charge is -2.19. The van der Waals surface area contributed by atoms with Crippen LogP contribution in [0.2, 0.25) is 0 Å². The maximum Gasteiger partial charge on any atom is 0.405 e. The molecule has 0 aliphatic rings. The molecule has 5 aromatic carbocycles. The number of phenols is 1. The number of H-pyrrole nitrogens is 1. The van der Waals surface area contributed by atoms with Gasteiger partial charge in [-0.2, -0.15) is 0 Å². The number of pyridine rings is 1. The van der Waals surface area contributed by atoms with Gasteiger partial charge in [0.15, 0.2) is 0 Å². The first-order valence-corrected chi connectivity index (χ1v) is 16.1. The van der Waals surface area contributed by atoms with Crippen LogP contribution in [0, 0.1) is 0 Å². The predicted octanol–water partition coefficient (Wildman–Crippen LogP) is 6.67. The van der Waals surface area contributed by atoms with Crippen molar-refractivity contribution in [3.63, 3.8) is 0 Å². The summed E-state index contributed by atoms with van der Waals surface area (Å²) in [5.74, 6) is 1.30. The number of fused-ring (bicyclic) bond motifs is 1. The number of aromatic nitrogens is 1. The van der Waals surface area contributed by atoms with Gasteiger partial charge in [0.25, 0.3) is 0 Å². The van der Waals surface area contributed by atoms with Crippen LogP contribution in [-0.4, -0.2) is 40.1 Å². The second kappa shape index (κ2) is 15.4. The summed E-state index contributed by atoms with van der Waals surface area (Å²) in [5.41, 5.74) is 5.99. The number of aromatic amines is 1. The van der Waals surface area contributed by atoms with Crippen molar-refractivity contribution in [3.05, 3.63) is 159 Å². The largest absolute Gasteiger partial charge is 0.506 e. The maximum atomic E-state index is 11.7. The predicted molar refractivity (Wildman–Crippen MR) is 192 cm³/mol. The third kappa shape index (κ3) is 7.95. The average Bonchev–Trinajstić information content (AvgIpc) is 3.14. The molecule has 0 saturated heterocycles. The molecule has 0 fully saturated rings. The minimum Gasteiger partial charge on any atom is -0.506 e. The number of hydrogen-bond donors (Lipinski definition) is 6. The smallest absolute Gasteiger partial charge is 0.405 e. The summed E-state index contributed by atoms with van der Waals surface area (Å²) in [4.78, 5) is 25.9. The number of phenolic OH excluding ortho intramolecular Hbond substituents is 1. The molecular formula is C40H37N3O7. The number of rotatable bonds is 13. The molecule has 6 rings (SSSR count). The van der Waals surface area contributed by atoms with Gasteiger partial charge in [-0.3, -0.25) is 4.79 Å². The first kappa shape index (κ1) is 33.8. The highest BCUT2D eigenvalue weighted by atomic mass is 16.5. The van der Waals surface area contributed by atoms with Crippen LogP contribution in [0.3, 0.4) is 0 Å². The number of carboxylic acid groups (broad SMARTS) is 1. The van der Waals surface area contributed by atoms with E-state index in [1.807, 2.05) is 97.1 Å². The summed E-state index contributed by atoms with van der Waals surface area (Å²) >= 11 is 0. The number of carbonyl (C=O) groups is 1. The van der Waals surface area contributed by atoms with Crippen molar-refractivity contribution >= 4 is 17.0 Å². The second-order valence-electron chi connectivity index (χ2n) is 11.8. The van der Waals surface area contributed by atoms with Crippen LogP contribution in [-0.2, 0) is 13.2 Å². The summed E-state index contributed by atoms with van der Waals surface area (Å²) < 4.78 is 11.8. The number of amides is 1. The third-order valence-corrected chi connectivity index (χ3v) is 8.46. The van der Waals surface area contributed by atoms with Crippen molar-refractivity contribution in [1.29, 1.82) is 0 Å². The zero-order valence-electron chi connectivity index (χ0n) is 27.3. The number of nitrogens with one attached hydrogen (secondary N) is 3. The number of ether oxygens (including phenoxy) is 2. The van der Waals surface area contributed by atoms with Gasteiger partial charge in [-0.1, -0.05) is 78.9 Å². The van der Waals surface area contributed by atoms with Crippen molar-refractivity contribution in [2.45, 2.75) is 25.3 Å². The van der Waals surface area contributed by atoms with Crippen LogP contribution >= 0.6 is 0 Å². The van der Waals surface area contributed by atoms with Gasteiger partial charge in [0.05, 0.1) is 24.8 Å². The minimum atomic E-state index is -1.11. The fourth-order valence-electron chi connectivity index (χ4n) is 5.96. The van der Waals surface area contributed by atoms with Gasteiger partial charge >= 0.3 is 6.09 Å². The molecule has 6 N–H and O–H groups in total. The lowest BCUT2D eigenvalue weighted by molar-refractivity contribution is 0.176. The van der Waals surface area contributed by atoms with E-state index >= 15 is 0 Å². The molecule has 0 aliphatic carbocycles. The van der Waals surface area contributed by atoms with Crippen molar-refractivity contribution < 1.29 is 29.6 Å². The number of aromatic hydroxyl groups is 1. The Kier molecular flexibility index (Phi) is 10.4. The van der Waals surface area contributed by atoms with Gasteiger partial charge in [-0.05, 0) is 69.8 Å². The summed E-state index contributed by atoms with van der Waals surface area (Å²) in [6.45, 7) is 1.06. The molecular weight excluding hydrogens is 634 g/mol. The normalized spacial score (nSPS) is 12.3. The minimum absolute atomic E-state index is 0.0531. The van der Waals surface area contributed by atoms with Gasteiger partial charge in [-0.25, -0.2) is 4.79 Å². The Labute approximate surface area is 288 Å². The van der Waals surface area contributed by atoms with E-state index in [1.54, 1.807) is 19.2 Å². The molecule has 0 spiro atoms. The number of hydrogen-bond acceptors (Lipinski definition) is 7. The first-order chi connectivity index (χ1) is 24.3. The molecule has 2 atom stereocenters. The fraction of sp³-hybridized carbons (Fsp3) is 0.150. The van der Waals surface area contributed by atoms with Crippen LogP contribution in [0.1, 0.15) is 40.0 Å². The third-order valence-electron chi connectivity index (χ3n) is 8.46. The van der Waals surface area contributed by atoms with Gasteiger partial charge < -0.3 is 40.4 Å². The molecule has 6 aromatic rings. The van der Waals surface area contributed by atoms with E-state index in [4.69, 9.17) is 9.47 Å². The molecule has 0 aliphatic heterocycles. The summed E-state index contributed by atoms with van der Waals surface area (Å²) in [5, 5.41) is 37.0. The molecule has 10 heteroatoms. The molecule has 1 amide bonds. The lowest BCUT2D eigenvalue weighted by atomic mass is 9.98. The standard InChI is InChI=1S/C40H37N3O7/c1-49-36-18-12-26(22-41-23-35(45)31-15-17-34(44)39-32(31)16-19-37(46)42-39)20-33(36)27-13-10-25(11-14-27)24-50-30-9-5-8-29(21-30)38(43-40(47)48)28-6-3-2-4-7-28/h2-21,35,38,41,43-45H,22-24H2,1H3,(H,42,46)(H,47,48)/t35-,38-/m0/s1. The van der Waals surface area contributed by atoms with Crippen LogP contribution < -0.4 is 25.7 Å². The molecule has 50 heavy (non-hydrogen) atoms. The van der Waals surface area contributed by atoms with E-state index in [-0.39, 0.29) is 17.9 Å². The maximum absolute atomic E-state index is 11.7. The first-order valence-electron chi connectivity index (χ1n) is 16.1. The van der Waals surface area contributed by atoms with Crippen LogP contribution in [0.5, 0.6) is 17.2 Å². The number of methoxy groups -OCH3 is 1. The quantitative estimate of drug-likeness (QED) is 0.0797. The van der Waals surface area contributed by atoms with Crippen LogP contribution in [0.15, 0.2) is 126 Å². The highest BCUT2D eigenvalue weighted by molar-refractivity contribution is 5.87. The second-order valence-corrected chi connectivity index (χ2v) is 11.8. The van der Waals surface area contributed by atoms with Gasteiger partial charge in [0, 0.05) is 30.1 Å². The molecule has 0 saturated carbocycles. The van der Waals surface area contributed by atoms with E-state index < -0.39 is 18.2 Å². The van der Waals surface area contributed by atoms with Gasteiger partial charge in [0.2, 0.25) is 5.56 Å². The molecule has 1 heterocycles. The highest BCUT2D eigenvalue weighted by Crippen LogP contribution is 2.32. The van der Waals surface area contributed by atoms with E-state index in [2.05, 4.69) is 15.6 Å². The van der Waals surface area contributed by atoms with E-state index in [9.17, 15) is 24.9 Å². The Balaban J connectivity index is 1.10. The fourth-order valence-corrected chi connectivity index (χ4v) is 5.96. The highest BCUT2D eigenvalue weighted by Gasteiger charge is 2.18. The Morgan fingerprint density at radius 1 is 0.840 bits per heavy atom. The lowest BCUT2D eigenvalue weighted by Crippen LogP contribution is -2.27. The zero-order chi connectivity index (χ0) is 35.0. The van der Waals surface area contributed by atoms with Crippen molar-refractivity contribution in [2.24, 2.45) is 0 Å².